The molecule has 5 heteroatoms. The van der Waals surface area contributed by atoms with Gasteiger partial charge in [0.05, 0.1) is 7.11 Å². The Bertz CT molecular complexity index is 569. The second kappa shape index (κ2) is 7.72. The number of anilines is 1. The van der Waals surface area contributed by atoms with Crippen molar-refractivity contribution >= 4 is 34.8 Å². The van der Waals surface area contributed by atoms with Crippen LogP contribution in [0.3, 0.4) is 0 Å². The molecule has 4 nitrogen and oxygen atoms in total. The second-order valence-corrected chi connectivity index (χ2v) is 4.03. The van der Waals surface area contributed by atoms with Crippen molar-refractivity contribution in [1.82, 2.24) is 0 Å². The number of benzene rings is 2. The monoisotopic (exact) mass is 295 g/mol. The summed E-state index contributed by atoms with van der Waals surface area (Å²) in [7, 11) is 1.35. The summed E-state index contributed by atoms with van der Waals surface area (Å²) in [5, 5.41) is 5.22. The molecule has 108 valence electrons. The van der Waals surface area contributed by atoms with Gasteiger partial charge in [-0.2, -0.15) is 0 Å². The average molecular weight is 296 g/mol. The van der Waals surface area contributed by atoms with Crippen molar-refractivity contribution in [3.63, 3.8) is 0 Å². The Balaban J connectivity index is 0.00000200. The molecule has 0 saturated carbocycles. The van der Waals surface area contributed by atoms with Crippen LogP contribution in [0, 0.1) is 0 Å². The van der Waals surface area contributed by atoms with Gasteiger partial charge in [-0.15, -0.1) is 12.4 Å². The van der Waals surface area contributed by atoms with Crippen LogP contribution in [0.15, 0.2) is 42.5 Å². The summed E-state index contributed by atoms with van der Waals surface area (Å²) in [6.07, 6.45) is -0.791. The third kappa shape index (κ3) is 3.62. The van der Waals surface area contributed by atoms with Crippen molar-refractivity contribution in [3.05, 3.63) is 42.5 Å². The van der Waals surface area contributed by atoms with Crippen LogP contribution in [0.5, 0.6) is 0 Å². The van der Waals surface area contributed by atoms with Gasteiger partial charge in [-0.1, -0.05) is 36.4 Å². The maximum absolute atomic E-state index is 11.6. The summed E-state index contributed by atoms with van der Waals surface area (Å²) in [6.45, 7) is 2.26. The first kappa shape index (κ1) is 16.3. The van der Waals surface area contributed by atoms with Crippen LogP contribution in [-0.4, -0.2) is 25.9 Å². The SMILES string of the molecule is CCO[C@H](Nc1cccc2ccccc12)C(=O)OC.Cl. The highest BCUT2D eigenvalue weighted by Crippen LogP contribution is 2.23. The molecule has 0 spiro atoms. The summed E-state index contributed by atoms with van der Waals surface area (Å²) in [4.78, 5) is 11.6. The number of nitrogens with one attached hydrogen (secondary N) is 1. The molecule has 0 fully saturated rings. The fourth-order valence-electron chi connectivity index (χ4n) is 1.93. The molecule has 0 bridgehead atoms. The van der Waals surface area contributed by atoms with Crippen LogP contribution >= 0.6 is 12.4 Å². The van der Waals surface area contributed by atoms with Crippen molar-refractivity contribution < 1.29 is 14.3 Å². The number of rotatable bonds is 5. The highest BCUT2D eigenvalue weighted by Gasteiger charge is 2.19. The molecule has 0 aliphatic heterocycles. The van der Waals surface area contributed by atoms with Crippen molar-refractivity contribution in [1.29, 1.82) is 0 Å². The van der Waals surface area contributed by atoms with Crippen molar-refractivity contribution in [2.75, 3.05) is 19.0 Å². The molecule has 2 aromatic carbocycles. The largest absolute Gasteiger partial charge is 0.466 e. The lowest BCUT2D eigenvalue weighted by Gasteiger charge is -2.18. The van der Waals surface area contributed by atoms with E-state index >= 15 is 0 Å². The predicted molar refractivity (Wildman–Crippen MR) is 82.2 cm³/mol. The standard InChI is InChI=1S/C15H17NO3.ClH/c1-3-19-14(15(17)18-2)16-13-10-6-8-11-7-4-5-9-12(11)13;/h4-10,14,16H,3H2,1-2H3;1H/t14-;/m0./s1. The molecule has 1 N–H and O–H groups in total. The minimum absolute atomic E-state index is 0. The third-order valence-corrected chi connectivity index (χ3v) is 2.82. The van der Waals surface area contributed by atoms with Gasteiger partial charge < -0.3 is 14.8 Å². The normalized spacial score (nSPS) is 11.5. The Labute approximate surface area is 124 Å². The number of ether oxygens (including phenoxy) is 2. The van der Waals surface area contributed by atoms with Crippen molar-refractivity contribution in [2.45, 2.75) is 13.2 Å². The molecule has 0 aliphatic rings. The van der Waals surface area contributed by atoms with E-state index < -0.39 is 12.2 Å². The third-order valence-electron chi connectivity index (χ3n) is 2.82. The number of methoxy groups -OCH3 is 1. The second-order valence-electron chi connectivity index (χ2n) is 4.03. The highest BCUT2D eigenvalue weighted by atomic mass is 35.5. The maximum atomic E-state index is 11.6. The van der Waals surface area contributed by atoms with E-state index in [4.69, 9.17) is 9.47 Å². The summed E-state index contributed by atoms with van der Waals surface area (Å²) in [5.41, 5.74) is 0.849. The first-order valence-electron chi connectivity index (χ1n) is 6.20. The summed E-state index contributed by atoms with van der Waals surface area (Å²) in [6, 6.07) is 13.8. The Kier molecular flexibility index (Phi) is 6.28. The molecule has 20 heavy (non-hydrogen) atoms. The molecule has 0 saturated heterocycles. The molecule has 2 aromatic rings. The van der Waals surface area contributed by atoms with E-state index in [1.807, 2.05) is 49.4 Å². The molecule has 2 rings (SSSR count). The van der Waals surface area contributed by atoms with E-state index in [0.29, 0.717) is 6.61 Å². The Morgan fingerprint density at radius 2 is 1.90 bits per heavy atom. The molecular formula is C15H18ClNO3. The van der Waals surface area contributed by atoms with Crippen LogP contribution in [0.25, 0.3) is 10.8 Å². The number of esters is 1. The van der Waals surface area contributed by atoms with Gasteiger partial charge in [0.1, 0.15) is 0 Å². The lowest BCUT2D eigenvalue weighted by atomic mass is 10.1. The van der Waals surface area contributed by atoms with E-state index in [9.17, 15) is 4.79 Å². The Morgan fingerprint density at radius 1 is 1.20 bits per heavy atom. The van der Waals surface area contributed by atoms with E-state index in [2.05, 4.69) is 5.32 Å². The molecule has 0 amide bonds. The lowest BCUT2D eigenvalue weighted by molar-refractivity contribution is -0.151. The molecule has 0 unspecified atom stereocenters. The number of halogens is 1. The van der Waals surface area contributed by atoms with Gasteiger partial charge in [-0.05, 0) is 18.4 Å². The summed E-state index contributed by atoms with van der Waals surface area (Å²) >= 11 is 0. The summed E-state index contributed by atoms with van der Waals surface area (Å²) < 4.78 is 10.1. The Morgan fingerprint density at radius 3 is 2.60 bits per heavy atom. The van der Waals surface area contributed by atoms with Crippen molar-refractivity contribution in [3.8, 4) is 0 Å². The molecule has 0 aromatic heterocycles. The smallest absolute Gasteiger partial charge is 0.356 e. The molecule has 1 atom stereocenters. The van der Waals surface area contributed by atoms with Crippen molar-refractivity contribution in [2.24, 2.45) is 0 Å². The molecular weight excluding hydrogens is 278 g/mol. The van der Waals surface area contributed by atoms with Crippen LogP contribution in [0.1, 0.15) is 6.92 Å². The van der Waals surface area contributed by atoms with E-state index in [0.717, 1.165) is 16.5 Å². The highest BCUT2D eigenvalue weighted by molar-refractivity contribution is 5.95. The fourth-order valence-corrected chi connectivity index (χ4v) is 1.93. The minimum atomic E-state index is -0.791. The van der Waals surface area contributed by atoms with Crippen LogP contribution in [0.4, 0.5) is 5.69 Å². The Hall–Kier alpha value is -1.78. The zero-order valence-corrected chi connectivity index (χ0v) is 12.3. The minimum Gasteiger partial charge on any atom is -0.466 e. The van der Waals surface area contributed by atoms with Crippen LogP contribution in [0.2, 0.25) is 0 Å². The van der Waals surface area contributed by atoms with Gasteiger partial charge >= 0.3 is 5.97 Å². The zero-order valence-electron chi connectivity index (χ0n) is 11.5. The van der Waals surface area contributed by atoms with E-state index in [1.165, 1.54) is 7.11 Å². The lowest BCUT2D eigenvalue weighted by Crippen LogP contribution is -2.33. The van der Waals surface area contributed by atoms with Gasteiger partial charge in [0, 0.05) is 17.7 Å². The van der Waals surface area contributed by atoms with Gasteiger partial charge in [-0.3, -0.25) is 0 Å². The number of hydrogen-bond acceptors (Lipinski definition) is 4. The first-order chi connectivity index (χ1) is 9.26. The maximum Gasteiger partial charge on any atom is 0.356 e. The summed E-state index contributed by atoms with van der Waals surface area (Å²) in [5.74, 6) is -0.435. The van der Waals surface area contributed by atoms with Gasteiger partial charge in [-0.25, -0.2) is 4.79 Å². The van der Waals surface area contributed by atoms with E-state index in [-0.39, 0.29) is 12.4 Å². The number of carbonyl (C=O) groups excluding carboxylic acids is 1. The molecule has 0 aliphatic carbocycles. The first-order valence-corrected chi connectivity index (χ1v) is 6.20. The van der Waals surface area contributed by atoms with Gasteiger partial charge in [0.15, 0.2) is 0 Å². The number of carbonyl (C=O) groups is 1. The quantitative estimate of drug-likeness (QED) is 0.680. The number of fused-ring (bicyclic) bond motifs is 1. The predicted octanol–water partition coefficient (Wildman–Crippen LogP) is 3.21. The molecule has 0 radical (unpaired) electrons. The van der Waals surface area contributed by atoms with Gasteiger partial charge in [0.25, 0.3) is 0 Å². The number of hydrogen-bond donors (Lipinski definition) is 1. The molecule has 0 heterocycles. The van der Waals surface area contributed by atoms with E-state index in [1.54, 1.807) is 0 Å². The average Bonchev–Trinajstić information content (AvgIpc) is 2.46. The topological polar surface area (TPSA) is 47.6 Å². The van der Waals surface area contributed by atoms with Gasteiger partial charge in [0.2, 0.25) is 6.23 Å². The van der Waals surface area contributed by atoms with Crippen LogP contribution < -0.4 is 5.32 Å². The zero-order chi connectivity index (χ0) is 13.7. The fraction of sp³-hybridized carbons (Fsp3) is 0.267. The van der Waals surface area contributed by atoms with Crippen LogP contribution in [-0.2, 0) is 14.3 Å².